The van der Waals surface area contributed by atoms with Crippen LogP contribution in [0.15, 0.2) is 63.2 Å². The molecule has 0 radical (unpaired) electrons. The zero-order valence-electron chi connectivity index (χ0n) is 15.2. The molecule has 0 N–H and O–H groups in total. The fourth-order valence-corrected chi connectivity index (χ4v) is 3.14. The van der Waals surface area contributed by atoms with Crippen molar-refractivity contribution in [3.8, 4) is 5.75 Å². The number of fused-ring (bicyclic) bond motifs is 1. The SMILES string of the molecule is FC(F)(F)c1ccc(/C=N/N=C2/CCCc3c(OCC=C(Cl)Cl)cccc32)cc1. The number of benzene rings is 2. The number of hydrogen-bond donors (Lipinski definition) is 0. The van der Waals surface area contributed by atoms with Crippen LogP contribution in [0.2, 0.25) is 0 Å². The first-order chi connectivity index (χ1) is 13.8. The van der Waals surface area contributed by atoms with Crippen LogP contribution in [0.4, 0.5) is 13.2 Å². The summed E-state index contributed by atoms with van der Waals surface area (Å²) in [5.74, 6) is 0.743. The molecule has 8 heteroatoms. The van der Waals surface area contributed by atoms with E-state index >= 15 is 0 Å². The van der Waals surface area contributed by atoms with E-state index in [0.717, 1.165) is 54.0 Å². The zero-order valence-corrected chi connectivity index (χ0v) is 16.7. The predicted octanol–water partition coefficient (Wildman–Crippen LogP) is 6.56. The molecule has 2 aromatic rings. The minimum Gasteiger partial charge on any atom is -0.489 e. The molecular weight excluding hydrogens is 424 g/mol. The Labute approximate surface area is 176 Å². The topological polar surface area (TPSA) is 34.0 Å². The largest absolute Gasteiger partial charge is 0.489 e. The Balaban J connectivity index is 1.77. The number of ether oxygens (including phenoxy) is 1. The van der Waals surface area contributed by atoms with Gasteiger partial charge in [0.2, 0.25) is 0 Å². The molecule has 0 unspecified atom stereocenters. The third kappa shape index (κ3) is 5.84. The molecule has 0 aromatic heterocycles. The van der Waals surface area contributed by atoms with Gasteiger partial charge >= 0.3 is 6.18 Å². The number of halogens is 5. The summed E-state index contributed by atoms with van der Waals surface area (Å²) in [5.41, 5.74) is 2.66. The Morgan fingerprint density at radius 1 is 1.07 bits per heavy atom. The fourth-order valence-electron chi connectivity index (χ4n) is 3.02. The third-order valence-electron chi connectivity index (χ3n) is 4.38. The van der Waals surface area contributed by atoms with Gasteiger partial charge in [-0.1, -0.05) is 47.5 Å². The van der Waals surface area contributed by atoms with Gasteiger partial charge in [-0.25, -0.2) is 0 Å². The van der Waals surface area contributed by atoms with E-state index in [0.29, 0.717) is 5.56 Å². The molecule has 0 saturated heterocycles. The molecule has 0 bridgehead atoms. The van der Waals surface area contributed by atoms with Crippen LogP contribution in [0.25, 0.3) is 0 Å². The summed E-state index contributed by atoms with van der Waals surface area (Å²) >= 11 is 11.2. The van der Waals surface area contributed by atoms with Crippen LogP contribution in [0.5, 0.6) is 5.75 Å². The summed E-state index contributed by atoms with van der Waals surface area (Å²) in [6, 6.07) is 10.5. The number of hydrogen-bond acceptors (Lipinski definition) is 3. The van der Waals surface area contributed by atoms with Crippen molar-refractivity contribution in [2.45, 2.75) is 25.4 Å². The van der Waals surface area contributed by atoms with Crippen molar-refractivity contribution in [1.82, 2.24) is 0 Å². The fraction of sp³-hybridized carbons (Fsp3) is 0.238. The highest BCUT2D eigenvalue weighted by molar-refractivity contribution is 6.55. The lowest BCUT2D eigenvalue weighted by Crippen LogP contribution is -2.13. The second-order valence-corrected chi connectivity index (χ2v) is 7.36. The Morgan fingerprint density at radius 3 is 2.52 bits per heavy atom. The maximum absolute atomic E-state index is 12.6. The van der Waals surface area contributed by atoms with E-state index in [4.69, 9.17) is 27.9 Å². The standard InChI is InChI=1S/C21H17Cl2F3N2O/c22-20(23)11-12-29-19-6-2-3-16-17(19)4-1-5-18(16)28-27-13-14-7-9-15(10-8-14)21(24,25)26/h2-3,6-11,13H,1,4-5,12H2/b27-13+,28-18-. The summed E-state index contributed by atoms with van der Waals surface area (Å²) in [4.78, 5) is 0. The van der Waals surface area contributed by atoms with Gasteiger partial charge in [-0.3, -0.25) is 0 Å². The van der Waals surface area contributed by atoms with Crippen molar-refractivity contribution in [2.24, 2.45) is 10.2 Å². The monoisotopic (exact) mass is 440 g/mol. The molecule has 2 aromatic carbocycles. The smallest absolute Gasteiger partial charge is 0.416 e. The van der Waals surface area contributed by atoms with Gasteiger partial charge in [0.1, 0.15) is 16.8 Å². The third-order valence-corrected chi connectivity index (χ3v) is 4.69. The molecule has 1 aliphatic carbocycles. The summed E-state index contributed by atoms with van der Waals surface area (Å²) in [7, 11) is 0. The number of nitrogens with zero attached hydrogens (tertiary/aromatic N) is 2. The maximum Gasteiger partial charge on any atom is 0.416 e. The van der Waals surface area contributed by atoms with E-state index in [1.807, 2.05) is 18.2 Å². The molecule has 0 saturated carbocycles. The highest BCUT2D eigenvalue weighted by Crippen LogP contribution is 2.31. The quantitative estimate of drug-likeness (QED) is 0.382. The molecule has 0 aliphatic heterocycles. The lowest BCUT2D eigenvalue weighted by Gasteiger charge is -2.20. The summed E-state index contributed by atoms with van der Waals surface area (Å²) in [6.45, 7) is 0.261. The first-order valence-corrected chi connectivity index (χ1v) is 9.63. The van der Waals surface area contributed by atoms with E-state index in [1.165, 1.54) is 18.3 Å². The molecule has 0 fully saturated rings. The number of rotatable bonds is 5. The van der Waals surface area contributed by atoms with Crippen molar-refractivity contribution >= 4 is 35.1 Å². The first-order valence-electron chi connectivity index (χ1n) is 8.88. The van der Waals surface area contributed by atoms with Gasteiger partial charge in [0, 0.05) is 11.1 Å². The highest BCUT2D eigenvalue weighted by Gasteiger charge is 2.29. The van der Waals surface area contributed by atoms with Crippen LogP contribution in [-0.2, 0) is 12.6 Å². The molecule has 152 valence electrons. The van der Waals surface area contributed by atoms with E-state index < -0.39 is 11.7 Å². The molecule has 1 aliphatic rings. The molecule has 3 nitrogen and oxygen atoms in total. The summed E-state index contributed by atoms with van der Waals surface area (Å²) < 4.78 is 43.8. The van der Waals surface area contributed by atoms with Crippen LogP contribution < -0.4 is 4.74 Å². The van der Waals surface area contributed by atoms with Gasteiger partial charge in [0.05, 0.1) is 17.5 Å². The van der Waals surface area contributed by atoms with Gasteiger partial charge in [-0.15, -0.1) is 0 Å². The highest BCUT2D eigenvalue weighted by atomic mass is 35.5. The normalized spacial score (nSPS) is 15.4. The number of alkyl halides is 3. The Kier molecular flexibility index (Phi) is 6.98. The van der Waals surface area contributed by atoms with Crippen LogP contribution in [0.1, 0.15) is 35.1 Å². The average Bonchev–Trinajstić information content (AvgIpc) is 2.68. The second kappa shape index (κ2) is 9.46. The van der Waals surface area contributed by atoms with E-state index in [2.05, 4.69) is 10.2 Å². The van der Waals surface area contributed by atoms with Crippen molar-refractivity contribution in [3.05, 3.63) is 75.3 Å². The van der Waals surface area contributed by atoms with Crippen LogP contribution >= 0.6 is 23.2 Å². The minimum atomic E-state index is -4.35. The molecular formula is C21H17Cl2F3N2O. The molecule has 0 spiro atoms. The second-order valence-electron chi connectivity index (χ2n) is 6.35. The maximum atomic E-state index is 12.6. The van der Waals surface area contributed by atoms with Crippen LogP contribution in [0, 0.1) is 0 Å². The van der Waals surface area contributed by atoms with E-state index in [9.17, 15) is 13.2 Å². The molecule has 0 amide bonds. The molecule has 29 heavy (non-hydrogen) atoms. The van der Waals surface area contributed by atoms with Crippen molar-refractivity contribution < 1.29 is 17.9 Å². The molecule has 0 atom stereocenters. The Bertz CT molecular complexity index is 947. The lowest BCUT2D eigenvalue weighted by molar-refractivity contribution is -0.137. The molecule has 3 rings (SSSR count). The van der Waals surface area contributed by atoms with Crippen molar-refractivity contribution in [1.29, 1.82) is 0 Å². The summed E-state index contributed by atoms with van der Waals surface area (Å²) in [6.07, 6.45) is 1.16. The van der Waals surface area contributed by atoms with Crippen molar-refractivity contribution in [3.63, 3.8) is 0 Å². The van der Waals surface area contributed by atoms with Crippen LogP contribution in [0.3, 0.4) is 0 Å². The molecule has 0 heterocycles. The summed E-state index contributed by atoms with van der Waals surface area (Å²) in [5, 5.41) is 8.36. The van der Waals surface area contributed by atoms with E-state index in [-0.39, 0.29) is 11.1 Å². The van der Waals surface area contributed by atoms with E-state index in [1.54, 1.807) is 6.08 Å². The van der Waals surface area contributed by atoms with Crippen molar-refractivity contribution in [2.75, 3.05) is 6.61 Å². The Hall–Kier alpha value is -2.31. The predicted molar refractivity (Wildman–Crippen MR) is 110 cm³/mol. The van der Waals surface area contributed by atoms with Gasteiger partial charge in [-0.05, 0) is 49.1 Å². The average molecular weight is 441 g/mol. The lowest BCUT2D eigenvalue weighted by atomic mass is 9.89. The van der Waals surface area contributed by atoms with Gasteiger partial charge in [-0.2, -0.15) is 23.4 Å². The Morgan fingerprint density at radius 2 is 1.83 bits per heavy atom. The first kappa shape index (κ1) is 21.4. The zero-order chi connectivity index (χ0) is 20.9. The van der Waals surface area contributed by atoms with Gasteiger partial charge in [0.25, 0.3) is 0 Å². The van der Waals surface area contributed by atoms with Gasteiger partial charge in [0.15, 0.2) is 0 Å². The van der Waals surface area contributed by atoms with Crippen LogP contribution in [-0.4, -0.2) is 18.5 Å². The minimum absolute atomic E-state index is 0.148. The van der Waals surface area contributed by atoms with Gasteiger partial charge < -0.3 is 4.74 Å².